The quantitative estimate of drug-likeness (QED) is 0.772. The highest BCUT2D eigenvalue weighted by atomic mass is 32.1. The molecule has 0 unspecified atom stereocenters. The van der Waals surface area contributed by atoms with E-state index in [1.54, 1.807) is 17.4 Å². The van der Waals surface area contributed by atoms with Crippen molar-refractivity contribution in [2.45, 2.75) is 20.0 Å². The van der Waals surface area contributed by atoms with Crippen molar-refractivity contribution in [3.05, 3.63) is 64.4 Å². The molecule has 0 aliphatic carbocycles. The first-order valence-corrected chi connectivity index (χ1v) is 7.24. The number of aryl methyl sites for hydroxylation is 1. The van der Waals surface area contributed by atoms with Crippen LogP contribution in [-0.4, -0.2) is 6.61 Å². The van der Waals surface area contributed by atoms with E-state index in [9.17, 15) is 0 Å². The molecule has 1 N–H and O–H groups in total. The molecule has 0 saturated heterocycles. The molecule has 0 atom stereocenters. The van der Waals surface area contributed by atoms with E-state index in [2.05, 4.69) is 42.4 Å². The van der Waals surface area contributed by atoms with Gasteiger partial charge in [0, 0.05) is 18.0 Å². The maximum Gasteiger partial charge on any atom is 0.119 e. The van der Waals surface area contributed by atoms with Crippen LogP contribution in [0, 0.1) is 6.92 Å². The Morgan fingerprint density at radius 1 is 1.21 bits per heavy atom. The minimum Gasteiger partial charge on any atom is -0.490 e. The first-order chi connectivity index (χ1) is 9.29. The number of hydrogen-bond acceptors (Lipinski definition) is 3. The standard InChI is InChI=1S/C16H19NOS/c1-3-9-18-15-6-4-14(5-7-15)11-17-12-16-13(2)8-10-19-16/h3-8,10,17H,1,9,11-12H2,2H3. The SMILES string of the molecule is C=CCOc1ccc(CNCc2sccc2C)cc1. The Kier molecular flexibility index (Phi) is 5.19. The summed E-state index contributed by atoms with van der Waals surface area (Å²) < 4.78 is 5.45. The van der Waals surface area contributed by atoms with E-state index in [1.165, 1.54) is 16.0 Å². The molecule has 0 fully saturated rings. The Morgan fingerprint density at radius 3 is 2.63 bits per heavy atom. The maximum absolute atomic E-state index is 5.45. The van der Waals surface area contributed by atoms with Gasteiger partial charge in [-0.15, -0.1) is 11.3 Å². The van der Waals surface area contributed by atoms with Crippen LogP contribution in [0.3, 0.4) is 0 Å². The third-order valence-electron chi connectivity index (χ3n) is 2.87. The van der Waals surface area contributed by atoms with E-state index < -0.39 is 0 Å². The summed E-state index contributed by atoms with van der Waals surface area (Å²) in [5.74, 6) is 0.887. The predicted molar refractivity (Wildman–Crippen MR) is 81.7 cm³/mol. The zero-order valence-electron chi connectivity index (χ0n) is 11.2. The molecule has 0 amide bonds. The largest absolute Gasteiger partial charge is 0.490 e. The second-order valence-corrected chi connectivity index (χ2v) is 5.37. The summed E-state index contributed by atoms with van der Waals surface area (Å²) in [5, 5.41) is 5.60. The highest BCUT2D eigenvalue weighted by molar-refractivity contribution is 7.10. The molecule has 0 saturated carbocycles. The summed E-state index contributed by atoms with van der Waals surface area (Å²) in [7, 11) is 0. The van der Waals surface area contributed by atoms with Crippen LogP contribution < -0.4 is 10.1 Å². The summed E-state index contributed by atoms with van der Waals surface area (Å²) in [6, 6.07) is 10.3. The molecule has 19 heavy (non-hydrogen) atoms. The molecule has 0 aliphatic heterocycles. The molecule has 1 heterocycles. The van der Waals surface area contributed by atoms with E-state index >= 15 is 0 Å². The maximum atomic E-state index is 5.45. The van der Waals surface area contributed by atoms with E-state index in [0.717, 1.165) is 18.8 Å². The molecule has 2 nitrogen and oxygen atoms in total. The molecular weight excluding hydrogens is 254 g/mol. The van der Waals surface area contributed by atoms with E-state index in [-0.39, 0.29) is 0 Å². The van der Waals surface area contributed by atoms with Crippen LogP contribution in [0.1, 0.15) is 16.0 Å². The van der Waals surface area contributed by atoms with Crippen LogP contribution >= 0.6 is 11.3 Å². The number of hydrogen-bond donors (Lipinski definition) is 1. The fourth-order valence-electron chi connectivity index (χ4n) is 1.76. The first-order valence-electron chi connectivity index (χ1n) is 6.36. The number of thiophene rings is 1. The van der Waals surface area contributed by atoms with Gasteiger partial charge in [-0.25, -0.2) is 0 Å². The van der Waals surface area contributed by atoms with Crippen molar-refractivity contribution in [2.75, 3.05) is 6.61 Å². The van der Waals surface area contributed by atoms with Gasteiger partial charge in [0.1, 0.15) is 12.4 Å². The van der Waals surface area contributed by atoms with Gasteiger partial charge in [0.25, 0.3) is 0 Å². The molecule has 1 aromatic heterocycles. The third-order valence-corrected chi connectivity index (χ3v) is 3.90. The van der Waals surface area contributed by atoms with E-state index in [1.807, 2.05) is 12.1 Å². The normalized spacial score (nSPS) is 10.4. The van der Waals surface area contributed by atoms with Crippen molar-refractivity contribution in [1.82, 2.24) is 5.32 Å². The molecule has 2 aromatic rings. The van der Waals surface area contributed by atoms with E-state index in [4.69, 9.17) is 4.74 Å². The Balaban J connectivity index is 1.80. The second-order valence-electron chi connectivity index (χ2n) is 4.37. The van der Waals surface area contributed by atoms with Gasteiger partial charge in [-0.05, 0) is 41.6 Å². The predicted octanol–water partition coefficient (Wildman–Crippen LogP) is 3.91. The topological polar surface area (TPSA) is 21.3 Å². The van der Waals surface area contributed by atoms with Gasteiger partial charge in [-0.2, -0.15) is 0 Å². The van der Waals surface area contributed by atoms with Crippen molar-refractivity contribution >= 4 is 11.3 Å². The van der Waals surface area contributed by atoms with E-state index in [0.29, 0.717) is 6.61 Å². The lowest BCUT2D eigenvalue weighted by Gasteiger charge is -2.06. The lowest BCUT2D eigenvalue weighted by atomic mass is 10.2. The summed E-state index contributed by atoms with van der Waals surface area (Å²) in [6.07, 6.45) is 1.75. The Morgan fingerprint density at radius 2 is 2.00 bits per heavy atom. The zero-order chi connectivity index (χ0) is 13.5. The lowest BCUT2D eigenvalue weighted by Crippen LogP contribution is -2.12. The van der Waals surface area contributed by atoms with Crippen molar-refractivity contribution in [3.8, 4) is 5.75 Å². The number of benzene rings is 1. The Hall–Kier alpha value is -1.58. The highest BCUT2D eigenvalue weighted by Gasteiger charge is 1.99. The van der Waals surface area contributed by atoms with Crippen molar-refractivity contribution < 1.29 is 4.74 Å². The van der Waals surface area contributed by atoms with Gasteiger partial charge < -0.3 is 10.1 Å². The summed E-state index contributed by atoms with van der Waals surface area (Å²) in [5.41, 5.74) is 2.63. The minimum absolute atomic E-state index is 0.551. The number of ether oxygens (including phenoxy) is 1. The van der Waals surface area contributed by atoms with Crippen molar-refractivity contribution in [3.63, 3.8) is 0 Å². The summed E-state index contributed by atoms with van der Waals surface area (Å²) >= 11 is 1.80. The molecule has 2 rings (SSSR count). The molecule has 1 aromatic carbocycles. The van der Waals surface area contributed by atoms with Crippen LogP contribution in [0.15, 0.2) is 48.4 Å². The Bertz CT molecular complexity index is 516. The van der Waals surface area contributed by atoms with Gasteiger partial charge in [-0.1, -0.05) is 24.8 Å². The fourth-order valence-corrected chi connectivity index (χ4v) is 2.64. The van der Waals surface area contributed by atoms with Crippen LogP contribution in [0.2, 0.25) is 0 Å². The van der Waals surface area contributed by atoms with Gasteiger partial charge >= 0.3 is 0 Å². The number of rotatable bonds is 7. The second kappa shape index (κ2) is 7.12. The van der Waals surface area contributed by atoms with Crippen molar-refractivity contribution in [1.29, 1.82) is 0 Å². The van der Waals surface area contributed by atoms with Crippen molar-refractivity contribution in [2.24, 2.45) is 0 Å². The van der Waals surface area contributed by atoms with Gasteiger partial charge in [-0.3, -0.25) is 0 Å². The van der Waals surface area contributed by atoms with Gasteiger partial charge in [0.2, 0.25) is 0 Å². The Labute approximate surface area is 118 Å². The molecule has 0 bridgehead atoms. The van der Waals surface area contributed by atoms with Crippen LogP contribution in [0.25, 0.3) is 0 Å². The minimum atomic E-state index is 0.551. The smallest absolute Gasteiger partial charge is 0.119 e. The lowest BCUT2D eigenvalue weighted by molar-refractivity contribution is 0.363. The molecule has 0 spiro atoms. The summed E-state index contributed by atoms with van der Waals surface area (Å²) in [6.45, 7) is 8.14. The van der Waals surface area contributed by atoms with Gasteiger partial charge in [0.05, 0.1) is 0 Å². The molecule has 3 heteroatoms. The third kappa shape index (κ3) is 4.23. The average molecular weight is 273 g/mol. The van der Waals surface area contributed by atoms with Gasteiger partial charge in [0.15, 0.2) is 0 Å². The fraction of sp³-hybridized carbons (Fsp3) is 0.250. The van der Waals surface area contributed by atoms with Crippen LogP contribution in [-0.2, 0) is 13.1 Å². The highest BCUT2D eigenvalue weighted by Crippen LogP contribution is 2.16. The number of nitrogens with one attached hydrogen (secondary N) is 1. The summed E-state index contributed by atoms with van der Waals surface area (Å²) in [4.78, 5) is 1.41. The first kappa shape index (κ1) is 13.8. The molecule has 100 valence electrons. The molecule has 0 radical (unpaired) electrons. The molecule has 0 aliphatic rings. The monoisotopic (exact) mass is 273 g/mol. The zero-order valence-corrected chi connectivity index (χ0v) is 12.0. The molecular formula is C16H19NOS. The van der Waals surface area contributed by atoms with Crippen LogP contribution in [0.4, 0.5) is 0 Å². The average Bonchev–Trinajstić information content (AvgIpc) is 2.84. The van der Waals surface area contributed by atoms with Crippen LogP contribution in [0.5, 0.6) is 5.75 Å².